The molecule has 0 aromatic carbocycles. The van der Waals surface area contributed by atoms with E-state index < -0.39 is 64.7 Å². The Balaban J connectivity index is 0.00000221. The molecule has 22 nitrogen and oxygen atoms in total. The van der Waals surface area contributed by atoms with Crippen molar-refractivity contribution in [3.8, 4) is 0 Å². The van der Waals surface area contributed by atoms with Crippen LogP contribution in [0.5, 0.6) is 0 Å². The Kier molecular flexibility index (Phi) is 27.5. The van der Waals surface area contributed by atoms with Crippen LogP contribution in [0.25, 0.3) is 0 Å². The van der Waals surface area contributed by atoms with Crippen molar-refractivity contribution in [3.05, 3.63) is 6.67 Å². The molecule has 0 spiro atoms. The van der Waals surface area contributed by atoms with E-state index in [4.69, 9.17) is 14.9 Å². The molecule has 1 aliphatic carbocycles. The summed E-state index contributed by atoms with van der Waals surface area (Å²) in [4.78, 5) is 0. The zero-order valence-electron chi connectivity index (χ0n) is 27.6. The topological polar surface area (TPSA) is 332 Å². The standard InChI is InChI=1S/C20H46N11O7S.C2H7NO3S.2Li/c1-2-21-20(34)38-19-25-11-24-17(31-19)26-12-4-3-5-13(8-12)27-18-29-15(22-6-7-39(35,36)37)28-16(30-18)23-9-14(33)10-32;4-1-3-2-7(5)6;;/h11-34H,2-10H2,1H3,(H,35,36,37);3-4H,1-2H2,(H,5,6);;/q-1;;2*+1/p-2. The molecule has 3 fully saturated rings. The van der Waals surface area contributed by atoms with Crippen LogP contribution < -0.4 is 102 Å². The minimum absolute atomic E-state index is 0. The summed E-state index contributed by atoms with van der Waals surface area (Å²) >= 11 is -2.09. The summed E-state index contributed by atoms with van der Waals surface area (Å²) in [5, 5.41) is 73.6. The van der Waals surface area contributed by atoms with Crippen molar-refractivity contribution in [3.63, 3.8) is 0 Å². The van der Waals surface area contributed by atoms with Gasteiger partial charge in [0.05, 0.1) is 47.5 Å². The van der Waals surface area contributed by atoms with E-state index in [9.17, 15) is 31.9 Å². The molecule has 3 aliphatic rings. The number of hydrogen-bond acceptors (Lipinski definition) is 22. The number of nitrogens with one attached hydrogen (secondary N) is 12. The normalized spacial score (nSPS) is 29.7. The largest absolute Gasteiger partial charge is 1.00 e. The minimum Gasteiger partial charge on any atom is -0.771 e. The van der Waals surface area contributed by atoms with Crippen LogP contribution in [0.4, 0.5) is 0 Å². The average Bonchev–Trinajstić information content (AvgIpc) is 2.99. The van der Waals surface area contributed by atoms with Crippen LogP contribution in [0.3, 0.4) is 0 Å². The average molecular weight is 722 g/mol. The number of aliphatic hydroxyl groups is 4. The van der Waals surface area contributed by atoms with Crippen LogP contribution in [0.1, 0.15) is 32.6 Å². The van der Waals surface area contributed by atoms with Crippen molar-refractivity contribution in [2.75, 3.05) is 44.6 Å². The summed E-state index contributed by atoms with van der Waals surface area (Å²) in [6, 6.07) is 0.317. The molecule has 274 valence electrons. The SMILES string of the molecule is CCNC(O)OC1N[CH-]NC(NC2CCCC(NC3NC(NCCS(=O)(=O)[O-])NC(NCC(O)CO)N3)C2)N1.O=S([O-])CNCO.[Li+].[Li+]. The van der Waals surface area contributed by atoms with Gasteiger partial charge >= 0.3 is 37.7 Å². The van der Waals surface area contributed by atoms with E-state index in [0.29, 0.717) is 6.54 Å². The number of rotatable bonds is 19. The second-order valence-corrected chi connectivity index (χ2v) is 12.9. The molecule has 0 radical (unpaired) electrons. The van der Waals surface area contributed by atoms with Gasteiger partial charge in [0.15, 0.2) is 0 Å². The Hall–Kier alpha value is 0.535. The molecule has 48 heavy (non-hydrogen) atoms. The minimum atomic E-state index is -4.35. The third kappa shape index (κ3) is 22.5. The Labute approximate surface area is 308 Å². The van der Waals surface area contributed by atoms with Crippen molar-refractivity contribution in [2.45, 2.75) is 88.7 Å². The van der Waals surface area contributed by atoms with Crippen molar-refractivity contribution < 1.29 is 84.6 Å². The van der Waals surface area contributed by atoms with Gasteiger partial charge in [0.2, 0.25) is 6.41 Å². The molecule has 3 rings (SSSR count). The van der Waals surface area contributed by atoms with E-state index >= 15 is 0 Å². The second-order valence-electron chi connectivity index (χ2n) is 10.5. The number of hydrogen-bond donors (Lipinski definition) is 16. The molecule has 26 heteroatoms. The molecule has 2 heterocycles. The summed E-state index contributed by atoms with van der Waals surface area (Å²) in [6.45, 7) is 3.48. The first-order valence-corrected chi connectivity index (χ1v) is 17.8. The molecule has 10 unspecified atom stereocenters. The van der Waals surface area contributed by atoms with Gasteiger partial charge in [0.1, 0.15) is 25.2 Å². The third-order valence-corrected chi connectivity index (χ3v) is 7.87. The van der Waals surface area contributed by atoms with Gasteiger partial charge in [-0.1, -0.05) is 13.3 Å². The molecule has 16 N–H and O–H groups in total. The van der Waals surface area contributed by atoms with E-state index in [1.807, 2.05) is 6.92 Å². The van der Waals surface area contributed by atoms with Crippen LogP contribution >= 0.6 is 0 Å². The molecule has 1 saturated carbocycles. The molecule has 2 aliphatic heterocycles. The summed E-state index contributed by atoms with van der Waals surface area (Å²) < 4.78 is 57.6. The van der Waals surface area contributed by atoms with Gasteiger partial charge in [-0.05, 0) is 36.9 Å². The van der Waals surface area contributed by atoms with Crippen molar-refractivity contribution in [1.82, 2.24) is 63.8 Å². The maximum atomic E-state index is 11.0. The molecular weight excluding hydrogens is 670 g/mol. The maximum absolute atomic E-state index is 11.0. The molecule has 0 aromatic rings. The fraction of sp³-hybridized carbons (Fsp3) is 0.955. The zero-order chi connectivity index (χ0) is 34.0. The van der Waals surface area contributed by atoms with E-state index in [-0.39, 0.29) is 88.4 Å². The Morgan fingerprint density at radius 1 is 0.979 bits per heavy atom. The third-order valence-electron chi connectivity index (χ3n) is 6.73. The fourth-order valence-electron chi connectivity index (χ4n) is 4.70. The van der Waals surface area contributed by atoms with E-state index in [1.54, 1.807) is 6.67 Å². The number of aliphatic hydroxyl groups excluding tert-OH is 4. The van der Waals surface area contributed by atoms with Crippen LogP contribution in [0.15, 0.2) is 0 Å². The van der Waals surface area contributed by atoms with Crippen LogP contribution in [0, 0.1) is 6.67 Å². The summed E-state index contributed by atoms with van der Waals surface area (Å²) in [7, 11) is -4.35. The fourth-order valence-corrected chi connectivity index (χ4v) is 5.32. The van der Waals surface area contributed by atoms with Gasteiger partial charge in [-0.15, -0.1) is 0 Å². The van der Waals surface area contributed by atoms with Gasteiger partial charge in [-0.3, -0.25) is 57.4 Å². The van der Waals surface area contributed by atoms with Gasteiger partial charge in [-0.25, -0.2) is 15.1 Å². The molecular formula is C22H51Li2N12O10S2-. The predicted octanol–water partition coefficient (Wildman–Crippen LogP) is -14.1. The first-order chi connectivity index (χ1) is 21.9. The quantitative estimate of drug-likeness (QED) is 0.0193. The molecule has 0 aromatic heterocycles. The molecule has 0 amide bonds. The van der Waals surface area contributed by atoms with E-state index in [0.717, 1.165) is 25.7 Å². The van der Waals surface area contributed by atoms with Gasteiger partial charge in [0.25, 0.3) is 0 Å². The van der Waals surface area contributed by atoms with Crippen LogP contribution in [-0.2, 0) is 25.9 Å². The Morgan fingerprint density at radius 3 is 2.17 bits per heavy atom. The van der Waals surface area contributed by atoms with Crippen molar-refractivity contribution in [2.24, 2.45) is 0 Å². The summed E-state index contributed by atoms with van der Waals surface area (Å²) in [5.74, 6) is -0.734. The summed E-state index contributed by atoms with van der Waals surface area (Å²) in [6.07, 6.45) is -0.612. The monoisotopic (exact) mass is 721 g/mol. The van der Waals surface area contributed by atoms with Gasteiger partial charge in [0, 0.05) is 25.2 Å². The van der Waals surface area contributed by atoms with Crippen LogP contribution in [-0.4, -0.2) is 143 Å². The molecule has 0 bridgehead atoms. The predicted molar refractivity (Wildman–Crippen MR) is 163 cm³/mol. The Morgan fingerprint density at radius 2 is 1.60 bits per heavy atom. The Bertz CT molecular complexity index is 963. The first-order valence-electron chi connectivity index (χ1n) is 14.9. The second kappa shape index (κ2) is 27.2. The van der Waals surface area contributed by atoms with Gasteiger partial charge in [-0.2, -0.15) is 0 Å². The molecule has 2 saturated heterocycles. The smallest absolute Gasteiger partial charge is 0.771 e. The van der Waals surface area contributed by atoms with Gasteiger partial charge < -0.3 is 44.9 Å². The van der Waals surface area contributed by atoms with Crippen molar-refractivity contribution >= 4 is 21.2 Å². The number of ether oxygens (including phenoxy) is 1. The first kappa shape index (κ1) is 48.5. The van der Waals surface area contributed by atoms with Crippen molar-refractivity contribution in [1.29, 1.82) is 0 Å². The van der Waals surface area contributed by atoms with E-state index in [2.05, 4.69) is 63.8 Å². The van der Waals surface area contributed by atoms with E-state index in [1.165, 1.54) is 0 Å². The molecule has 10 atom stereocenters. The maximum Gasteiger partial charge on any atom is 1.00 e. The summed E-state index contributed by atoms with van der Waals surface area (Å²) in [5.41, 5.74) is 0. The van der Waals surface area contributed by atoms with Crippen LogP contribution in [0.2, 0.25) is 0 Å². The zero-order valence-corrected chi connectivity index (χ0v) is 29.2.